The highest BCUT2D eigenvalue weighted by atomic mass is 16.5. The average molecular weight is 268 g/mol. The maximum Gasteiger partial charge on any atom is 0.0670 e. The second-order valence-corrected chi connectivity index (χ2v) is 5.13. The monoisotopic (exact) mass is 268 g/mol. The Morgan fingerprint density at radius 2 is 2.16 bits per heavy atom. The molecule has 0 aliphatic carbocycles. The van der Waals surface area contributed by atoms with Crippen molar-refractivity contribution < 1.29 is 4.74 Å². The van der Waals surface area contributed by atoms with E-state index in [4.69, 9.17) is 10.5 Å². The van der Waals surface area contributed by atoms with E-state index in [2.05, 4.69) is 37.0 Å². The molecule has 0 bridgehead atoms. The summed E-state index contributed by atoms with van der Waals surface area (Å²) >= 11 is 0. The molecule has 0 saturated carbocycles. The molecule has 110 valence electrons. The number of aromatic nitrogens is 2. The van der Waals surface area contributed by atoms with Crippen molar-refractivity contribution in [3.8, 4) is 0 Å². The minimum atomic E-state index is 0.207. The van der Waals surface area contributed by atoms with Crippen LogP contribution in [0.2, 0.25) is 0 Å². The van der Waals surface area contributed by atoms with Crippen molar-refractivity contribution in [2.24, 2.45) is 12.8 Å². The van der Waals surface area contributed by atoms with Gasteiger partial charge in [-0.05, 0) is 20.3 Å². The molecule has 19 heavy (non-hydrogen) atoms. The number of hydrogen-bond donors (Lipinski definition) is 1. The quantitative estimate of drug-likeness (QED) is 0.773. The largest absolute Gasteiger partial charge is 0.383 e. The molecule has 0 saturated heterocycles. The van der Waals surface area contributed by atoms with Gasteiger partial charge in [-0.2, -0.15) is 5.10 Å². The molecule has 0 fully saturated rings. The lowest BCUT2D eigenvalue weighted by Crippen LogP contribution is -2.40. The zero-order chi connectivity index (χ0) is 14.4. The maximum absolute atomic E-state index is 6.03. The van der Waals surface area contributed by atoms with E-state index in [1.807, 2.05) is 11.7 Å². The highest BCUT2D eigenvalue weighted by Gasteiger charge is 2.25. The van der Waals surface area contributed by atoms with Crippen molar-refractivity contribution >= 4 is 0 Å². The molecule has 5 nitrogen and oxygen atoms in total. The van der Waals surface area contributed by atoms with Gasteiger partial charge in [0.15, 0.2) is 0 Å². The molecular formula is C14H28N4O. The van der Waals surface area contributed by atoms with Gasteiger partial charge in [0.1, 0.15) is 0 Å². The third kappa shape index (κ3) is 4.03. The van der Waals surface area contributed by atoms with Crippen molar-refractivity contribution in [1.82, 2.24) is 14.7 Å². The van der Waals surface area contributed by atoms with Crippen LogP contribution in [-0.4, -0.2) is 47.5 Å². The Balaban J connectivity index is 3.00. The first-order valence-corrected chi connectivity index (χ1v) is 7.02. The van der Waals surface area contributed by atoms with Crippen LogP contribution in [0, 0.1) is 0 Å². The summed E-state index contributed by atoms with van der Waals surface area (Å²) in [7, 11) is 3.70. The summed E-state index contributed by atoms with van der Waals surface area (Å²) in [6.45, 7) is 8.72. The average Bonchev–Trinajstić information content (AvgIpc) is 2.75. The first kappa shape index (κ1) is 16.1. The molecule has 0 radical (unpaired) electrons. The van der Waals surface area contributed by atoms with Crippen LogP contribution in [0.3, 0.4) is 0 Å². The first-order valence-electron chi connectivity index (χ1n) is 7.02. The number of nitrogens with two attached hydrogens (primary N) is 1. The van der Waals surface area contributed by atoms with Crippen LogP contribution in [0.4, 0.5) is 0 Å². The molecule has 1 heterocycles. The van der Waals surface area contributed by atoms with E-state index in [0.717, 1.165) is 25.3 Å². The van der Waals surface area contributed by atoms with E-state index in [0.29, 0.717) is 12.6 Å². The minimum Gasteiger partial charge on any atom is -0.383 e. The lowest BCUT2D eigenvalue weighted by Gasteiger charge is -2.34. The van der Waals surface area contributed by atoms with Crippen molar-refractivity contribution in [2.45, 2.75) is 39.3 Å². The summed E-state index contributed by atoms with van der Waals surface area (Å²) in [4.78, 5) is 2.39. The standard InChI is InChI=1S/C14H28N4O/c1-6-13-12(10-17(4)16-13)14(9-15)18(11(2)3)7-8-19-5/h10-11,14H,6-9,15H2,1-5H3. The van der Waals surface area contributed by atoms with Crippen LogP contribution in [0.15, 0.2) is 6.20 Å². The molecule has 0 aliphatic rings. The van der Waals surface area contributed by atoms with Gasteiger partial charge in [0, 0.05) is 45.0 Å². The molecule has 2 N–H and O–H groups in total. The van der Waals surface area contributed by atoms with E-state index in [9.17, 15) is 0 Å². The van der Waals surface area contributed by atoms with Crippen LogP contribution in [0.25, 0.3) is 0 Å². The van der Waals surface area contributed by atoms with E-state index in [1.165, 1.54) is 5.56 Å². The van der Waals surface area contributed by atoms with Crippen LogP contribution in [0.5, 0.6) is 0 Å². The Hall–Kier alpha value is -0.910. The topological polar surface area (TPSA) is 56.3 Å². The van der Waals surface area contributed by atoms with Crippen molar-refractivity contribution in [2.75, 3.05) is 26.8 Å². The van der Waals surface area contributed by atoms with Gasteiger partial charge in [0.2, 0.25) is 0 Å². The summed E-state index contributed by atoms with van der Waals surface area (Å²) in [5.74, 6) is 0. The van der Waals surface area contributed by atoms with Crippen LogP contribution in [-0.2, 0) is 18.2 Å². The first-order chi connectivity index (χ1) is 9.04. The fourth-order valence-electron chi connectivity index (χ4n) is 2.52. The molecule has 5 heteroatoms. The lowest BCUT2D eigenvalue weighted by molar-refractivity contribution is 0.0976. The van der Waals surface area contributed by atoms with E-state index < -0.39 is 0 Å². The molecule has 1 aromatic rings. The Morgan fingerprint density at radius 3 is 2.63 bits per heavy atom. The second-order valence-electron chi connectivity index (χ2n) is 5.13. The molecule has 1 rings (SSSR count). The van der Waals surface area contributed by atoms with Crippen LogP contribution < -0.4 is 5.73 Å². The molecule has 0 spiro atoms. The molecule has 1 unspecified atom stereocenters. The predicted molar refractivity (Wildman–Crippen MR) is 78.1 cm³/mol. The Labute approximate surface area is 116 Å². The highest BCUT2D eigenvalue weighted by molar-refractivity contribution is 5.22. The summed E-state index contributed by atoms with van der Waals surface area (Å²) in [5.41, 5.74) is 8.42. The van der Waals surface area contributed by atoms with Gasteiger partial charge in [0.05, 0.1) is 18.3 Å². The Morgan fingerprint density at radius 1 is 1.47 bits per heavy atom. The molecule has 1 aromatic heterocycles. The number of methoxy groups -OCH3 is 1. The molecule has 0 aromatic carbocycles. The summed E-state index contributed by atoms with van der Waals surface area (Å²) < 4.78 is 7.09. The number of aryl methyl sites for hydroxylation is 2. The van der Waals surface area contributed by atoms with E-state index >= 15 is 0 Å². The van der Waals surface area contributed by atoms with Gasteiger partial charge in [0.25, 0.3) is 0 Å². The third-order valence-electron chi connectivity index (χ3n) is 3.47. The van der Waals surface area contributed by atoms with Gasteiger partial charge >= 0.3 is 0 Å². The lowest BCUT2D eigenvalue weighted by atomic mass is 10.0. The van der Waals surface area contributed by atoms with E-state index in [-0.39, 0.29) is 6.04 Å². The van der Waals surface area contributed by atoms with Gasteiger partial charge in [-0.3, -0.25) is 9.58 Å². The minimum absolute atomic E-state index is 0.207. The van der Waals surface area contributed by atoms with Crippen molar-refractivity contribution in [3.05, 3.63) is 17.5 Å². The zero-order valence-electron chi connectivity index (χ0n) is 12.9. The van der Waals surface area contributed by atoms with Gasteiger partial charge in [-0.1, -0.05) is 6.92 Å². The predicted octanol–water partition coefficient (Wildman–Crippen LogP) is 1.34. The fourth-order valence-corrected chi connectivity index (χ4v) is 2.52. The Kier molecular flexibility index (Phi) is 6.48. The highest BCUT2D eigenvalue weighted by Crippen LogP contribution is 2.24. The third-order valence-corrected chi connectivity index (χ3v) is 3.47. The Bertz CT molecular complexity index is 376. The number of ether oxygens (including phenoxy) is 1. The molecule has 0 amide bonds. The summed E-state index contributed by atoms with van der Waals surface area (Å²) in [6, 6.07) is 0.632. The smallest absolute Gasteiger partial charge is 0.0670 e. The number of hydrogen-bond acceptors (Lipinski definition) is 4. The van der Waals surface area contributed by atoms with Gasteiger partial charge in [-0.15, -0.1) is 0 Å². The zero-order valence-corrected chi connectivity index (χ0v) is 12.9. The van der Waals surface area contributed by atoms with Gasteiger partial charge < -0.3 is 10.5 Å². The summed E-state index contributed by atoms with van der Waals surface area (Å²) in [5, 5.41) is 4.52. The second kappa shape index (κ2) is 7.62. The normalized spacial score (nSPS) is 13.5. The van der Waals surface area contributed by atoms with Crippen LogP contribution >= 0.6 is 0 Å². The SMILES string of the molecule is CCc1nn(C)cc1C(CN)N(CCOC)C(C)C. The summed E-state index contributed by atoms with van der Waals surface area (Å²) in [6.07, 6.45) is 3.03. The molecular weight excluding hydrogens is 240 g/mol. The fraction of sp³-hybridized carbons (Fsp3) is 0.786. The van der Waals surface area contributed by atoms with E-state index in [1.54, 1.807) is 7.11 Å². The number of nitrogens with zero attached hydrogens (tertiary/aromatic N) is 3. The van der Waals surface area contributed by atoms with Crippen molar-refractivity contribution in [1.29, 1.82) is 0 Å². The molecule has 0 aliphatic heterocycles. The molecule has 1 atom stereocenters. The van der Waals surface area contributed by atoms with Gasteiger partial charge in [-0.25, -0.2) is 0 Å². The van der Waals surface area contributed by atoms with Crippen molar-refractivity contribution in [3.63, 3.8) is 0 Å². The number of rotatable bonds is 8. The maximum atomic E-state index is 6.03. The van der Waals surface area contributed by atoms with Crippen LogP contribution in [0.1, 0.15) is 38.1 Å².